The first-order chi connectivity index (χ1) is 8.49. The van der Waals surface area contributed by atoms with Gasteiger partial charge in [-0.1, -0.05) is 13.8 Å². The number of hydrogen-bond donors (Lipinski definition) is 2. The van der Waals surface area contributed by atoms with Gasteiger partial charge in [-0.15, -0.1) is 0 Å². The lowest BCUT2D eigenvalue weighted by molar-refractivity contribution is 0.128. The molecule has 1 unspecified atom stereocenters. The number of nitrogens with one attached hydrogen (secondary N) is 2. The first kappa shape index (κ1) is 14.7. The molecule has 0 fully saturated rings. The third-order valence-electron chi connectivity index (χ3n) is 2.88. The zero-order valence-electron chi connectivity index (χ0n) is 12.2. The van der Waals surface area contributed by atoms with Gasteiger partial charge in [-0.25, -0.2) is 9.97 Å². The first-order valence-corrected chi connectivity index (χ1v) is 6.32. The fourth-order valence-corrected chi connectivity index (χ4v) is 1.53. The van der Waals surface area contributed by atoms with E-state index in [1.54, 1.807) is 7.11 Å². The van der Waals surface area contributed by atoms with Gasteiger partial charge in [0.1, 0.15) is 17.5 Å². The molecule has 1 aromatic heterocycles. The molecule has 2 N–H and O–H groups in total. The maximum absolute atomic E-state index is 5.22. The van der Waals surface area contributed by atoms with E-state index < -0.39 is 0 Å². The number of rotatable bonds is 6. The lowest BCUT2D eigenvalue weighted by atomic mass is 10.2. The zero-order chi connectivity index (χ0) is 13.7. The minimum atomic E-state index is 0.153. The molecule has 1 atom stereocenters. The van der Waals surface area contributed by atoms with Gasteiger partial charge in [0.2, 0.25) is 0 Å². The largest absolute Gasteiger partial charge is 0.380 e. The van der Waals surface area contributed by atoms with Crippen LogP contribution in [0.15, 0.2) is 0 Å². The van der Waals surface area contributed by atoms with Crippen LogP contribution in [-0.4, -0.2) is 36.8 Å². The Hall–Kier alpha value is -1.36. The topological polar surface area (TPSA) is 59.1 Å². The summed E-state index contributed by atoms with van der Waals surface area (Å²) >= 11 is 0. The van der Waals surface area contributed by atoms with E-state index in [1.807, 2.05) is 20.9 Å². The molecule has 0 saturated carbocycles. The molecule has 0 aliphatic heterocycles. The molecular formula is C13H24N4O. The van der Waals surface area contributed by atoms with Gasteiger partial charge in [0.05, 0.1) is 6.10 Å². The van der Waals surface area contributed by atoms with Crippen molar-refractivity contribution < 1.29 is 4.74 Å². The van der Waals surface area contributed by atoms with E-state index in [1.165, 1.54) is 0 Å². The van der Waals surface area contributed by atoms with Crippen LogP contribution in [0.1, 0.15) is 38.1 Å². The van der Waals surface area contributed by atoms with E-state index in [9.17, 15) is 0 Å². The Morgan fingerprint density at radius 1 is 1.17 bits per heavy atom. The molecule has 1 rings (SSSR count). The van der Waals surface area contributed by atoms with Crippen LogP contribution in [-0.2, 0) is 4.74 Å². The average Bonchev–Trinajstić information content (AvgIpc) is 2.36. The summed E-state index contributed by atoms with van der Waals surface area (Å²) in [5.74, 6) is 2.90. The Bertz CT molecular complexity index is 393. The fourth-order valence-electron chi connectivity index (χ4n) is 1.53. The summed E-state index contributed by atoms with van der Waals surface area (Å²) in [5.41, 5.74) is 1.03. The minimum Gasteiger partial charge on any atom is -0.380 e. The van der Waals surface area contributed by atoms with Gasteiger partial charge >= 0.3 is 0 Å². The van der Waals surface area contributed by atoms with Crippen LogP contribution in [0, 0.1) is 6.92 Å². The maximum Gasteiger partial charge on any atom is 0.135 e. The second kappa shape index (κ2) is 6.54. The van der Waals surface area contributed by atoms with Crippen LogP contribution >= 0.6 is 0 Å². The third-order valence-corrected chi connectivity index (χ3v) is 2.88. The second-order valence-corrected chi connectivity index (χ2v) is 4.74. The van der Waals surface area contributed by atoms with Gasteiger partial charge in [0.15, 0.2) is 0 Å². The summed E-state index contributed by atoms with van der Waals surface area (Å²) in [6, 6.07) is 0. The molecule has 1 heterocycles. The predicted molar refractivity (Wildman–Crippen MR) is 75.4 cm³/mol. The van der Waals surface area contributed by atoms with E-state index in [2.05, 4.69) is 34.4 Å². The Labute approximate surface area is 109 Å². The maximum atomic E-state index is 5.22. The molecule has 1 aromatic rings. The number of anilines is 2. The predicted octanol–water partition coefficient (Wildman–Crippen LogP) is 2.40. The summed E-state index contributed by atoms with van der Waals surface area (Å²) < 4.78 is 5.22. The lowest BCUT2D eigenvalue weighted by Gasteiger charge is -2.17. The molecular weight excluding hydrogens is 228 g/mol. The first-order valence-electron chi connectivity index (χ1n) is 6.32. The Kier molecular flexibility index (Phi) is 5.34. The van der Waals surface area contributed by atoms with Crippen LogP contribution in [0.5, 0.6) is 0 Å². The molecule has 102 valence electrons. The SMILES string of the molecule is CNc1nc(C(C)C)nc(NCC(C)OC)c1C. The quantitative estimate of drug-likeness (QED) is 0.814. The highest BCUT2D eigenvalue weighted by molar-refractivity contribution is 5.57. The summed E-state index contributed by atoms with van der Waals surface area (Å²) in [6.45, 7) is 8.94. The number of nitrogens with zero attached hydrogens (tertiary/aromatic N) is 2. The summed E-state index contributed by atoms with van der Waals surface area (Å²) in [5, 5.41) is 6.43. The normalized spacial score (nSPS) is 12.6. The standard InChI is InChI=1S/C13H24N4O/c1-8(2)11-16-12(14-5)10(4)13(17-11)15-7-9(3)18-6/h8-9H,7H2,1-6H3,(H2,14,15,16,17). The summed E-state index contributed by atoms with van der Waals surface area (Å²) in [4.78, 5) is 9.07. The van der Waals surface area contributed by atoms with E-state index >= 15 is 0 Å². The molecule has 5 heteroatoms. The molecule has 0 bridgehead atoms. The number of ether oxygens (including phenoxy) is 1. The molecule has 0 radical (unpaired) electrons. The lowest BCUT2D eigenvalue weighted by Crippen LogP contribution is -2.20. The van der Waals surface area contributed by atoms with Crippen molar-refractivity contribution in [3.05, 3.63) is 11.4 Å². The average molecular weight is 252 g/mol. The van der Waals surface area contributed by atoms with E-state index in [-0.39, 0.29) is 6.10 Å². The van der Waals surface area contributed by atoms with Crippen LogP contribution in [0.4, 0.5) is 11.6 Å². The van der Waals surface area contributed by atoms with Crippen LogP contribution < -0.4 is 10.6 Å². The number of hydrogen-bond acceptors (Lipinski definition) is 5. The molecule has 0 saturated heterocycles. The molecule has 0 amide bonds. The van der Waals surface area contributed by atoms with Crippen LogP contribution in [0.25, 0.3) is 0 Å². The summed E-state index contributed by atoms with van der Waals surface area (Å²) in [6.07, 6.45) is 0.153. The highest BCUT2D eigenvalue weighted by atomic mass is 16.5. The van der Waals surface area contributed by atoms with Gasteiger partial charge in [-0.05, 0) is 13.8 Å². The Morgan fingerprint density at radius 3 is 2.28 bits per heavy atom. The van der Waals surface area contributed by atoms with Crippen molar-refractivity contribution in [2.75, 3.05) is 31.3 Å². The van der Waals surface area contributed by atoms with Gasteiger partial charge < -0.3 is 15.4 Å². The van der Waals surface area contributed by atoms with Crippen molar-refractivity contribution in [1.29, 1.82) is 0 Å². The Morgan fingerprint density at radius 2 is 1.78 bits per heavy atom. The van der Waals surface area contributed by atoms with Crippen molar-refractivity contribution >= 4 is 11.6 Å². The molecule has 0 spiro atoms. The van der Waals surface area contributed by atoms with E-state index in [0.29, 0.717) is 5.92 Å². The zero-order valence-corrected chi connectivity index (χ0v) is 12.2. The highest BCUT2D eigenvalue weighted by Gasteiger charge is 2.12. The summed E-state index contributed by atoms with van der Waals surface area (Å²) in [7, 11) is 3.58. The number of methoxy groups -OCH3 is 1. The van der Waals surface area contributed by atoms with Gasteiger partial charge in [0, 0.05) is 32.2 Å². The van der Waals surface area contributed by atoms with Crippen molar-refractivity contribution in [2.45, 2.75) is 39.7 Å². The monoisotopic (exact) mass is 252 g/mol. The Balaban J connectivity index is 2.97. The van der Waals surface area contributed by atoms with Gasteiger partial charge in [-0.3, -0.25) is 0 Å². The molecule has 0 aromatic carbocycles. The second-order valence-electron chi connectivity index (χ2n) is 4.74. The van der Waals surface area contributed by atoms with E-state index in [0.717, 1.165) is 29.6 Å². The van der Waals surface area contributed by atoms with Crippen molar-refractivity contribution in [2.24, 2.45) is 0 Å². The van der Waals surface area contributed by atoms with E-state index in [4.69, 9.17) is 4.74 Å². The number of aromatic nitrogens is 2. The van der Waals surface area contributed by atoms with Crippen molar-refractivity contribution in [1.82, 2.24) is 9.97 Å². The molecule has 18 heavy (non-hydrogen) atoms. The molecule has 5 nitrogen and oxygen atoms in total. The smallest absolute Gasteiger partial charge is 0.135 e. The minimum absolute atomic E-state index is 0.153. The van der Waals surface area contributed by atoms with Gasteiger partial charge in [0.25, 0.3) is 0 Å². The van der Waals surface area contributed by atoms with Crippen molar-refractivity contribution in [3.8, 4) is 0 Å². The fraction of sp³-hybridized carbons (Fsp3) is 0.692. The van der Waals surface area contributed by atoms with Crippen molar-refractivity contribution in [3.63, 3.8) is 0 Å². The van der Waals surface area contributed by atoms with Gasteiger partial charge in [-0.2, -0.15) is 0 Å². The highest BCUT2D eigenvalue weighted by Crippen LogP contribution is 2.22. The third kappa shape index (κ3) is 3.57. The molecule has 0 aliphatic carbocycles. The molecule has 0 aliphatic rings. The van der Waals surface area contributed by atoms with Crippen LogP contribution in [0.3, 0.4) is 0 Å². The van der Waals surface area contributed by atoms with Crippen LogP contribution in [0.2, 0.25) is 0 Å².